The van der Waals surface area contributed by atoms with Gasteiger partial charge in [0.05, 0.1) is 0 Å². The number of para-hydroxylation sites is 1. The summed E-state index contributed by atoms with van der Waals surface area (Å²) in [5, 5.41) is 4.02. The molecule has 3 rings (SSSR count). The minimum Gasteiger partial charge on any atom is -0.463 e. The van der Waals surface area contributed by atoms with E-state index in [1.54, 1.807) is 16.4 Å². The Hall–Kier alpha value is -1.37. The SMILES string of the molecule is CC(C)C1CN(S(=O)(=O)c2coc3ccccc23)CCN1. The summed E-state index contributed by atoms with van der Waals surface area (Å²) in [6.45, 7) is 5.87. The highest BCUT2D eigenvalue weighted by Crippen LogP contribution is 2.28. The molecule has 1 N–H and O–H groups in total. The van der Waals surface area contributed by atoms with Gasteiger partial charge in [-0.3, -0.25) is 0 Å². The van der Waals surface area contributed by atoms with E-state index in [4.69, 9.17) is 4.42 Å². The van der Waals surface area contributed by atoms with E-state index in [1.807, 2.05) is 12.1 Å². The quantitative estimate of drug-likeness (QED) is 0.942. The first-order valence-corrected chi connectivity index (χ1v) is 8.64. The van der Waals surface area contributed by atoms with Gasteiger partial charge in [0.15, 0.2) is 0 Å². The Morgan fingerprint density at radius 1 is 1.33 bits per heavy atom. The molecular weight excluding hydrogens is 288 g/mol. The average Bonchev–Trinajstić information content (AvgIpc) is 2.92. The van der Waals surface area contributed by atoms with Gasteiger partial charge in [-0.1, -0.05) is 26.0 Å². The summed E-state index contributed by atoms with van der Waals surface area (Å²) in [6.07, 6.45) is 1.35. The standard InChI is InChI=1S/C15H20N2O3S/c1-11(2)13-9-17(8-7-16-13)21(18,19)15-10-20-14-6-4-3-5-12(14)15/h3-6,10-11,13,16H,7-9H2,1-2H3. The number of benzene rings is 1. The lowest BCUT2D eigenvalue weighted by Crippen LogP contribution is -2.54. The summed E-state index contributed by atoms with van der Waals surface area (Å²) in [5.41, 5.74) is 0.603. The second kappa shape index (κ2) is 5.44. The summed E-state index contributed by atoms with van der Waals surface area (Å²) in [4.78, 5) is 0.266. The maximum absolute atomic E-state index is 12.9. The van der Waals surface area contributed by atoms with Gasteiger partial charge in [0.25, 0.3) is 0 Å². The first-order valence-electron chi connectivity index (χ1n) is 7.20. The molecule has 2 aromatic rings. The average molecular weight is 308 g/mol. The summed E-state index contributed by atoms with van der Waals surface area (Å²) in [7, 11) is -3.51. The normalized spacial score (nSPS) is 21.2. The first-order chi connectivity index (χ1) is 10.00. The van der Waals surface area contributed by atoms with E-state index in [2.05, 4.69) is 19.2 Å². The number of nitrogens with one attached hydrogen (secondary N) is 1. The summed E-state index contributed by atoms with van der Waals surface area (Å²) in [6, 6.07) is 7.41. The van der Waals surface area contributed by atoms with Gasteiger partial charge in [-0.15, -0.1) is 0 Å². The second-order valence-corrected chi connectivity index (χ2v) is 7.67. The molecule has 0 amide bonds. The van der Waals surface area contributed by atoms with Crippen molar-refractivity contribution < 1.29 is 12.8 Å². The van der Waals surface area contributed by atoms with Crippen LogP contribution in [0.1, 0.15) is 13.8 Å². The maximum atomic E-state index is 12.9. The minimum absolute atomic E-state index is 0.187. The molecule has 1 aliphatic rings. The van der Waals surface area contributed by atoms with E-state index in [9.17, 15) is 8.42 Å². The lowest BCUT2D eigenvalue weighted by atomic mass is 10.0. The summed E-state index contributed by atoms with van der Waals surface area (Å²) < 4.78 is 32.7. The lowest BCUT2D eigenvalue weighted by Gasteiger charge is -2.34. The highest BCUT2D eigenvalue weighted by atomic mass is 32.2. The predicted octanol–water partition coefficient (Wildman–Crippen LogP) is 2.05. The van der Waals surface area contributed by atoms with Crippen molar-refractivity contribution in [2.75, 3.05) is 19.6 Å². The first kappa shape index (κ1) is 14.6. The Kier molecular flexibility index (Phi) is 3.77. The van der Waals surface area contributed by atoms with Crippen molar-refractivity contribution in [1.82, 2.24) is 9.62 Å². The molecule has 114 valence electrons. The highest BCUT2D eigenvalue weighted by Gasteiger charge is 2.33. The van der Waals surface area contributed by atoms with Crippen molar-refractivity contribution >= 4 is 21.0 Å². The van der Waals surface area contributed by atoms with E-state index < -0.39 is 10.0 Å². The Labute approximate surface area is 125 Å². The van der Waals surface area contributed by atoms with Crippen LogP contribution >= 0.6 is 0 Å². The molecule has 1 aromatic carbocycles. The molecule has 0 aliphatic carbocycles. The number of hydrogen-bond acceptors (Lipinski definition) is 4. The van der Waals surface area contributed by atoms with Crippen LogP contribution in [0.15, 0.2) is 39.8 Å². The van der Waals surface area contributed by atoms with Crippen LogP contribution in [0.25, 0.3) is 11.0 Å². The van der Waals surface area contributed by atoms with Crippen LogP contribution < -0.4 is 5.32 Å². The van der Waals surface area contributed by atoms with Crippen molar-refractivity contribution in [3.63, 3.8) is 0 Å². The largest absolute Gasteiger partial charge is 0.463 e. The van der Waals surface area contributed by atoms with Crippen LogP contribution in [0, 0.1) is 5.92 Å². The minimum atomic E-state index is -3.51. The molecule has 1 aliphatic heterocycles. The predicted molar refractivity (Wildman–Crippen MR) is 81.6 cm³/mol. The van der Waals surface area contributed by atoms with Crippen molar-refractivity contribution in [2.24, 2.45) is 5.92 Å². The van der Waals surface area contributed by atoms with E-state index in [-0.39, 0.29) is 10.9 Å². The third-order valence-electron chi connectivity index (χ3n) is 4.04. The number of fused-ring (bicyclic) bond motifs is 1. The van der Waals surface area contributed by atoms with Crippen LogP contribution in [0.4, 0.5) is 0 Å². The third kappa shape index (κ3) is 2.59. The van der Waals surface area contributed by atoms with Gasteiger partial charge in [-0.05, 0) is 18.1 Å². The third-order valence-corrected chi connectivity index (χ3v) is 5.92. The monoisotopic (exact) mass is 308 g/mol. The Bertz CT molecular complexity index is 736. The van der Waals surface area contributed by atoms with Gasteiger partial charge in [0.1, 0.15) is 16.7 Å². The fourth-order valence-corrected chi connectivity index (χ4v) is 4.29. The molecule has 1 atom stereocenters. The van der Waals surface area contributed by atoms with Crippen LogP contribution in [0.2, 0.25) is 0 Å². The molecule has 1 aromatic heterocycles. The van der Waals surface area contributed by atoms with Crippen molar-refractivity contribution in [3.8, 4) is 0 Å². The van der Waals surface area contributed by atoms with E-state index >= 15 is 0 Å². The van der Waals surface area contributed by atoms with E-state index in [0.29, 0.717) is 36.5 Å². The number of sulfonamides is 1. The van der Waals surface area contributed by atoms with Crippen LogP contribution in [0.5, 0.6) is 0 Å². The molecule has 0 spiro atoms. The van der Waals surface area contributed by atoms with E-state index in [1.165, 1.54) is 6.26 Å². The molecule has 1 saturated heterocycles. The van der Waals surface area contributed by atoms with Gasteiger partial charge >= 0.3 is 0 Å². The Balaban J connectivity index is 1.96. The zero-order chi connectivity index (χ0) is 15.0. The van der Waals surface area contributed by atoms with Crippen LogP contribution in [-0.2, 0) is 10.0 Å². The smallest absolute Gasteiger partial charge is 0.246 e. The molecule has 6 heteroatoms. The number of piperazine rings is 1. The molecular formula is C15H20N2O3S. The van der Waals surface area contributed by atoms with Crippen LogP contribution in [-0.4, -0.2) is 38.4 Å². The molecule has 2 heterocycles. The zero-order valence-corrected chi connectivity index (χ0v) is 13.1. The van der Waals surface area contributed by atoms with Gasteiger partial charge in [-0.25, -0.2) is 8.42 Å². The van der Waals surface area contributed by atoms with Gasteiger partial charge in [0, 0.05) is 31.1 Å². The number of furan rings is 1. The van der Waals surface area contributed by atoms with Crippen LogP contribution in [0.3, 0.4) is 0 Å². The van der Waals surface area contributed by atoms with Gasteiger partial charge in [0.2, 0.25) is 10.0 Å². The number of rotatable bonds is 3. The summed E-state index contributed by atoms with van der Waals surface area (Å²) in [5.74, 6) is 0.393. The topological polar surface area (TPSA) is 62.6 Å². The molecule has 1 fully saturated rings. The van der Waals surface area contributed by atoms with Gasteiger partial charge in [-0.2, -0.15) is 4.31 Å². The molecule has 0 radical (unpaired) electrons. The van der Waals surface area contributed by atoms with Crippen molar-refractivity contribution in [1.29, 1.82) is 0 Å². The number of nitrogens with zero attached hydrogens (tertiary/aromatic N) is 1. The van der Waals surface area contributed by atoms with E-state index in [0.717, 1.165) is 0 Å². The Morgan fingerprint density at radius 3 is 2.86 bits per heavy atom. The Morgan fingerprint density at radius 2 is 2.10 bits per heavy atom. The lowest BCUT2D eigenvalue weighted by molar-refractivity contribution is 0.256. The highest BCUT2D eigenvalue weighted by molar-refractivity contribution is 7.89. The fraction of sp³-hybridized carbons (Fsp3) is 0.467. The van der Waals surface area contributed by atoms with Gasteiger partial charge < -0.3 is 9.73 Å². The zero-order valence-electron chi connectivity index (χ0n) is 12.2. The summed E-state index contributed by atoms with van der Waals surface area (Å²) >= 11 is 0. The maximum Gasteiger partial charge on any atom is 0.246 e. The molecule has 0 saturated carbocycles. The number of hydrogen-bond donors (Lipinski definition) is 1. The molecule has 1 unspecified atom stereocenters. The second-order valence-electron chi connectivity index (χ2n) is 5.76. The van der Waals surface area contributed by atoms with Crippen molar-refractivity contribution in [3.05, 3.63) is 30.5 Å². The molecule has 21 heavy (non-hydrogen) atoms. The fourth-order valence-electron chi connectivity index (χ4n) is 2.71. The van der Waals surface area contributed by atoms with Crippen molar-refractivity contribution in [2.45, 2.75) is 24.8 Å². The molecule has 5 nitrogen and oxygen atoms in total. The molecule has 0 bridgehead atoms.